The highest BCUT2D eigenvalue weighted by molar-refractivity contribution is 9.11. The van der Waals surface area contributed by atoms with Crippen LogP contribution < -0.4 is 9.47 Å². The minimum absolute atomic E-state index is 0.141. The lowest BCUT2D eigenvalue weighted by atomic mass is 10.1. The normalized spacial score (nSPS) is 11.3. The Hall–Kier alpha value is -2.40. The summed E-state index contributed by atoms with van der Waals surface area (Å²) >= 11 is 13.4. The Kier molecular flexibility index (Phi) is 6.88. The van der Waals surface area contributed by atoms with E-state index in [-0.39, 0.29) is 11.5 Å². The summed E-state index contributed by atoms with van der Waals surface area (Å²) in [5.41, 5.74) is 2.93. The SMILES string of the molecule is COc1cc2c(cc1Br)oc1cc(Br)c(OC)cc12.Oc1cc2c(cc1Br)oc1cc(Br)c(O)cc12. The number of methoxy groups -OCH3 is 2. The minimum atomic E-state index is 0.141. The standard InChI is InChI=1S/C14H10Br2O3.C12H6Br2O3/c1-17-13-3-7-8-4-14(18-2)10(16)6-12(8)19-11(7)5-9(13)15;13-7-3-11-5(1-9(7)15)6-2-10(16)8(14)4-12(6)17-11/h3-6H,1-2H3;1-4,15-16H. The molecule has 0 unspecified atom stereocenters. The highest BCUT2D eigenvalue weighted by Crippen LogP contribution is 2.41. The Balaban J connectivity index is 0.000000149. The summed E-state index contributed by atoms with van der Waals surface area (Å²) < 4.78 is 25.0. The van der Waals surface area contributed by atoms with Crippen LogP contribution in [-0.4, -0.2) is 24.4 Å². The maximum atomic E-state index is 9.66. The molecule has 6 aromatic rings. The second-order valence-corrected chi connectivity index (χ2v) is 11.2. The van der Waals surface area contributed by atoms with E-state index in [4.69, 9.17) is 18.3 Å². The van der Waals surface area contributed by atoms with Crippen molar-refractivity contribution in [3.8, 4) is 23.0 Å². The maximum absolute atomic E-state index is 9.66. The van der Waals surface area contributed by atoms with E-state index >= 15 is 0 Å². The number of hydrogen-bond acceptors (Lipinski definition) is 6. The van der Waals surface area contributed by atoms with E-state index in [9.17, 15) is 10.2 Å². The molecule has 0 radical (unpaired) electrons. The Labute approximate surface area is 238 Å². The van der Waals surface area contributed by atoms with Crippen molar-refractivity contribution in [3.05, 3.63) is 66.4 Å². The Morgan fingerprint density at radius 1 is 0.500 bits per heavy atom. The van der Waals surface area contributed by atoms with Crippen LogP contribution in [0.2, 0.25) is 0 Å². The van der Waals surface area contributed by atoms with Gasteiger partial charge in [0.15, 0.2) is 0 Å². The van der Waals surface area contributed by atoms with Gasteiger partial charge >= 0.3 is 0 Å². The lowest BCUT2D eigenvalue weighted by Crippen LogP contribution is -1.84. The van der Waals surface area contributed by atoms with Gasteiger partial charge in [0.05, 0.1) is 32.1 Å². The zero-order valence-electron chi connectivity index (χ0n) is 18.7. The molecular formula is C26H16Br4O6. The Bertz CT molecular complexity index is 1660. The largest absolute Gasteiger partial charge is 0.507 e. The lowest BCUT2D eigenvalue weighted by molar-refractivity contribution is 0.412. The molecule has 10 heteroatoms. The quantitative estimate of drug-likeness (QED) is 0.184. The predicted molar refractivity (Wildman–Crippen MR) is 155 cm³/mol. The number of rotatable bonds is 2. The van der Waals surface area contributed by atoms with Gasteiger partial charge in [0.25, 0.3) is 0 Å². The number of aromatic hydroxyl groups is 2. The Morgan fingerprint density at radius 2 is 0.806 bits per heavy atom. The fraction of sp³-hybridized carbons (Fsp3) is 0.0769. The van der Waals surface area contributed by atoms with Gasteiger partial charge in [-0.1, -0.05) is 0 Å². The zero-order chi connectivity index (χ0) is 25.7. The molecule has 0 aliphatic heterocycles. The fourth-order valence-corrected chi connectivity index (χ4v) is 5.50. The van der Waals surface area contributed by atoms with Gasteiger partial charge in [0.1, 0.15) is 45.3 Å². The fourth-order valence-electron chi connectivity index (χ4n) is 3.89. The third kappa shape index (κ3) is 4.44. The Morgan fingerprint density at radius 3 is 1.14 bits per heavy atom. The average molecular weight is 744 g/mol. The third-order valence-corrected chi connectivity index (χ3v) is 8.14. The van der Waals surface area contributed by atoms with Crippen molar-refractivity contribution in [1.29, 1.82) is 0 Å². The van der Waals surface area contributed by atoms with Crippen molar-refractivity contribution < 1.29 is 28.5 Å². The molecule has 36 heavy (non-hydrogen) atoms. The van der Waals surface area contributed by atoms with Gasteiger partial charge in [-0.05, 0) is 112 Å². The van der Waals surface area contributed by atoms with Gasteiger partial charge in [0, 0.05) is 21.5 Å². The van der Waals surface area contributed by atoms with Crippen LogP contribution in [0.5, 0.6) is 23.0 Å². The molecule has 0 atom stereocenters. The summed E-state index contributed by atoms with van der Waals surface area (Å²) in [6, 6.07) is 14.4. The molecule has 0 amide bonds. The van der Waals surface area contributed by atoms with Crippen molar-refractivity contribution in [2.45, 2.75) is 0 Å². The molecule has 0 aliphatic rings. The van der Waals surface area contributed by atoms with Crippen LogP contribution in [0.15, 0.2) is 75.3 Å². The van der Waals surface area contributed by atoms with E-state index in [1.807, 2.05) is 24.3 Å². The monoisotopic (exact) mass is 740 g/mol. The number of phenols is 2. The van der Waals surface area contributed by atoms with E-state index in [1.165, 1.54) is 0 Å². The van der Waals surface area contributed by atoms with E-state index in [0.717, 1.165) is 53.2 Å². The first-order valence-electron chi connectivity index (χ1n) is 10.4. The number of ether oxygens (including phenoxy) is 2. The molecule has 6 nitrogen and oxygen atoms in total. The van der Waals surface area contributed by atoms with Crippen molar-refractivity contribution in [3.63, 3.8) is 0 Å². The maximum Gasteiger partial charge on any atom is 0.136 e. The van der Waals surface area contributed by atoms with Crippen LogP contribution in [0.4, 0.5) is 0 Å². The van der Waals surface area contributed by atoms with Gasteiger partial charge in [-0.2, -0.15) is 0 Å². The molecule has 0 fully saturated rings. The second kappa shape index (κ2) is 9.81. The summed E-state index contributed by atoms with van der Waals surface area (Å²) in [6.45, 7) is 0. The molecule has 0 saturated heterocycles. The van der Waals surface area contributed by atoms with Crippen molar-refractivity contribution in [1.82, 2.24) is 0 Å². The molecule has 2 heterocycles. The summed E-state index contributed by atoms with van der Waals surface area (Å²) in [5, 5.41) is 22.9. The average Bonchev–Trinajstić information content (AvgIpc) is 3.34. The van der Waals surface area contributed by atoms with Gasteiger partial charge < -0.3 is 28.5 Å². The summed E-state index contributed by atoms with van der Waals surface area (Å²) in [7, 11) is 3.29. The van der Waals surface area contributed by atoms with Crippen LogP contribution >= 0.6 is 63.7 Å². The van der Waals surface area contributed by atoms with Gasteiger partial charge in [0.2, 0.25) is 0 Å². The molecule has 0 bridgehead atoms. The molecule has 0 aliphatic carbocycles. The first kappa shape index (κ1) is 25.3. The van der Waals surface area contributed by atoms with Crippen molar-refractivity contribution >= 4 is 108 Å². The molecule has 0 saturated carbocycles. The summed E-state index contributed by atoms with van der Waals surface area (Å²) in [6.07, 6.45) is 0. The zero-order valence-corrected chi connectivity index (χ0v) is 25.0. The van der Waals surface area contributed by atoms with E-state index in [0.29, 0.717) is 20.1 Å². The molecule has 0 spiro atoms. The molecule has 2 N–H and O–H groups in total. The van der Waals surface area contributed by atoms with Crippen LogP contribution in [-0.2, 0) is 0 Å². The van der Waals surface area contributed by atoms with Crippen molar-refractivity contribution in [2.75, 3.05) is 14.2 Å². The molecule has 2 aromatic heterocycles. The third-order valence-electron chi connectivity index (χ3n) is 5.63. The number of phenolic OH excluding ortho intramolecular Hbond substituents is 2. The molecule has 184 valence electrons. The highest BCUT2D eigenvalue weighted by atomic mass is 79.9. The smallest absolute Gasteiger partial charge is 0.136 e. The van der Waals surface area contributed by atoms with E-state index in [1.54, 1.807) is 38.5 Å². The number of fused-ring (bicyclic) bond motifs is 6. The van der Waals surface area contributed by atoms with E-state index < -0.39 is 0 Å². The van der Waals surface area contributed by atoms with Crippen molar-refractivity contribution in [2.24, 2.45) is 0 Å². The molecule has 4 aromatic carbocycles. The number of halogens is 4. The number of hydrogen-bond donors (Lipinski definition) is 2. The van der Waals surface area contributed by atoms with Crippen LogP contribution in [0, 0.1) is 0 Å². The highest BCUT2D eigenvalue weighted by Gasteiger charge is 2.14. The van der Waals surface area contributed by atoms with Gasteiger partial charge in [-0.15, -0.1) is 0 Å². The topological polar surface area (TPSA) is 85.2 Å². The molecular weight excluding hydrogens is 728 g/mol. The van der Waals surface area contributed by atoms with Gasteiger partial charge in [-0.3, -0.25) is 0 Å². The molecule has 6 rings (SSSR count). The first-order chi connectivity index (χ1) is 17.2. The second-order valence-electron chi connectivity index (χ2n) is 7.77. The lowest BCUT2D eigenvalue weighted by Gasteiger charge is -2.03. The first-order valence-corrected chi connectivity index (χ1v) is 13.5. The number of furan rings is 2. The summed E-state index contributed by atoms with van der Waals surface area (Å²) in [4.78, 5) is 0. The van der Waals surface area contributed by atoms with Crippen LogP contribution in [0.25, 0.3) is 43.9 Å². The minimum Gasteiger partial charge on any atom is -0.507 e. The summed E-state index contributed by atoms with van der Waals surface area (Å²) in [5.74, 6) is 1.83. The number of benzene rings is 4. The van der Waals surface area contributed by atoms with Crippen LogP contribution in [0.1, 0.15) is 0 Å². The van der Waals surface area contributed by atoms with Gasteiger partial charge in [-0.25, -0.2) is 0 Å². The van der Waals surface area contributed by atoms with Crippen LogP contribution in [0.3, 0.4) is 0 Å². The van der Waals surface area contributed by atoms with E-state index in [2.05, 4.69) is 63.7 Å². The predicted octanol–water partition coefficient (Wildman–Crippen LogP) is 9.65.